The average molecular weight is 223 g/mol. The van der Waals surface area contributed by atoms with E-state index < -0.39 is 0 Å². The highest BCUT2D eigenvalue weighted by atomic mass is 15.3. The third kappa shape index (κ3) is 4.29. The van der Waals surface area contributed by atoms with Gasteiger partial charge in [0.25, 0.3) is 0 Å². The standard InChI is InChI=1S/C15H29N/c1-6-7-8-15-14(5)16(15)11-13(4)10-9-12(2)3/h12,14-15H,4,6-11H2,1-3,5H3. The second-order valence-electron chi connectivity index (χ2n) is 5.81. The minimum Gasteiger partial charge on any atom is -0.291 e. The van der Waals surface area contributed by atoms with Gasteiger partial charge < -0.3 is 0 Å². The Bertz CT molecular complexity index is 219. The summed E-state index contributed by atoms with van der Waals surface area (Å²) in [5.74, 6) is 0.805. The molecule has 1 rings (SSSR count). The van der Waals surface area contributed by atoms with E-state index in [4.69, 9.17) is 0 Å². The van der Waals surface area contributed by atoms with Gasteiger partial charge in [0.1, 0.15) is 0 Å². The molecule has 0 bridgehead atoms. The maximum atomic E-state index is 4.21. The Morgan fingerprint density at radius 3 is 2.62 bits per heavy atom. The maximum Gasteiger partial charge on any atom is 0.0256 e. The van der Waals surface area contributed by atoms with E-state index in [1.165, 1.54) is 37.7 Å². The van der Waals surface area contributed by atoms with Crippen molar-refractivity contribution in [3.63, 3.8) is 0 Å². The smallest absolute Gasteiger partial charge is 0.0256 e. The Hall–Kier alpha value is -0.300. The van der Waals surface area contributed by atoms with E-state index in [1.807, 2.05) is 0 Å². The zero-order valence-electron chi connectivity index (χ0n) is 11.6. The van der Waals surface area contributed by atoms with Crippen molar-refractivity contribution in [2.24, 2.45) is 5.92 Å². The van der Waals surface area contributed by atoms with Crippen LogP contribution in [0.25, 0.3) is 0 Å². The fraction of sp³-hybridized carbons (Fsp3) is 0.867. The molecule has 1 aliphatic rings. The third-order valence-electron chi connectivity index (χ3n) is 3.75. The molecule has 16 heavy (non-hydrogen) atoms. The van der Waals surface area contributed by atoms with Gasteiger partial charge in [-0.25, -0.2) is 0 Å². The fourth-order valence-corrected chi connectivity index (χ4v) is 2.39. The second kappa shape index (κ2) is 6.44. The number of hydrogen-bond donors (Lipinski definition) is 0. The Morgan fingerprint density at radius 2 is 2.06 bits per heavy atom. The van der Waals surface area contributed by atoms with Gasteiger partial charge in [-0.05, 0) is 32.1 Å². The van der Waals surface area contributed by atoms with E-state index in [1.54, 1.807) is 0 Å². The molecule has 1 nitrogen and oxygen atoms in total. The lowest BCUT2D eigenvalue weighted by molar-refractivity contribution is 0.485. The topological polar surface area (TPSA) is 3.01 Å². The molecule has 3 atom stereocenters. The normalized spacial score (nSPS) is 28.4. The highest BCUT2D eigenvalue weighted by molar-refractivity contribution is 5.08. The molecule has 0 amide bonds. The lowest BCUT2D eigenvalue weighted by Crippen LogP contribution is -2.07. The first-order chi connectivity index (χ1) is 7.56. The van der Waals surface area contributed by atoms with Gasteiger partial charge in [0.05, 0.1) is 0 Å². The summed E-state index contributed by atoms with van der Waals surface area (Å²) >= 11 is 0. The Labute approximate surface area is 102 Å². The molecule has 0 spiro atoms. The van der Waals surface area contributed by atoms with Crippen molar-refractivity contribution in [2.45, 2.75) is 71.9 Å². The van der Waals surface area contributed by atoms with Gasteiger partial charge in [0, 0.05) is 18.6 Å². The van der Waals surface area contributed by atoms with E-state index in [2.05, 4.69) is 39.2 Å². The summed E-state index contributed by atoms with van der Waals surface area (Å²) in [5, 5.41) is 0. The molecule has 0 N–H and O–H groups in total. The van der Waals surface area contributed by atoms with Crippen molar-refractivity contribution in [2.75, 3.05) is 6.54 Å². The van der Waals surface area contributed by atoms with Crippen LogP contribution < -0.4 is 0 Å². The van der Waals surface area contributed by atoms with Crippen LogP contribution in [0.15, 0.2) is 12.2 Å². The van der Waals surface area contributed by atoms with Crippen molar-refractivity contribution in [3.8, 4) is 0 Å². The first-order valence-electron chi connectivity index (χ1n) is 6.98. The molecular formula is C15H29N. The average Bonchev–Trinajstić information content (AvgIpc) is 2.82. The first-order valence-corrected chi connectivity index (χ1v) is 6.98. The van der Waals surface area contributed by atoms with Gasteiger partial charge in [-0.15, -0.1) is 0 Å². The number of nitrogens with zero attached hydrogens (tertiary/aromatic N) is 1. The Kier molecular flexibility index (Phi) is 5.54. The quantitative estimate of drug-likeness (QED) is 0.439. The van der Waals surface area contributed by atoms with Crippen LogP contribution in [0.5, 0.6) is 0 Å². The van der Waals surface area contributed by atoms with Crippen LogP contribution in [0.3, 0.4) is 0 Å². The van der Waals surface area contributed by atoms with E-state index in [0.29, 0.717) is 0 Å². The number of rotatable bonds is 8. The van der Waals surface area contributed by atoms with Crippen molar-refractivity contribution in [1.29, 1.82) is 0 Å². The summed E-state index contributed by atoms with van der Waals surface area (Å²) in [4.78, 5) is 2.61. The third-order valence-corrected chi connectivity index (χ3v) is 3.75. The van der Waals surface area contributed by atoms with Gasteiger partial charge in [-0.3, -0.25) is 4.90 Å². The van der Waals surface area contributed by atoms with E-state index in [9.17, 15) is 0 Å². The van der Waals surface area contributed by atoms with Gasteiger partial charge >= 0.3 is 0 Å². The lowest BCUT2D eigenvalue weighted by atomic mass is 10.0. The summed E-state index contributed by atoms with van der Waals surface area (Å²) in [6.45, 7) is 14.6. The van der Waals surface area contributed by atoms with E-state index >= 15 is 0 Å². The summed E-state index contributed by atoms with van der Waals surface area (Å²) in [6.07, 6.45) is 6.59. The SMILES string of the molecule is C=C(CCC(C)C)CN1C(C)C1CCCC. The molecule has 0 aromatic heterocycles. The molecule has 94 valence electrons. The molecule has 1 heterocycles. The van der Waals surface area contributed by atoms with E-state index in [0.717, 1.165) is 24.5 Å². The number of unbranched alkanes of at least 4 members (excludes halogenated alkanes) is 1. The molecule has 0 aromatic carbocycles. The second-order valence-corrected chi connectivity index (χ2v) is 5.81. The minimum absolute atomic E-state index is 0.805. The largest absolute Gasteiger partial charge is 0.291 e. The number of hydrogen-bond acceptors (Lipinski definition) is 1. The molecule has 1 saturated heterocycles. The molecule has 1 aliphatic heterocycles. The van der Waals surface area contributed by atoms with Gasteiger partial charge in [0.15, 0.2) is 0 Å². The van der Waals surface area contributed by atoms with Crippen molar-refractivity contribution >= 4 is 0 Å². The molecular weight excluding hydrogens is 194 g/mol. The fourth-order valence-electron chi connectivity index (χ4n) is 2.39. The highest BCUT2D eigenvalue weighted by Crippen LogP contribution is 2.33. The van der Waals surface area contributed by atoms with Gasteiger partial charge in [-0.1, -0.05) is 45.8 Å². The summed E-state index contributed by atoms with van der Waals surface area (Å²) < 4.78 is 0. The molecule has 1 heteroatoms. The zero-order valence-corrected chi connectivity index (χ0v) is 11.6. The summed E-state index contributed by atoms with van der Waals surface area (Å²) in [5.41, 5.74) is 1.43. The van der Waals surface area contributed by atoms with Gasteiger partial charge in [-0.2, -0.15) is 0 Å². The molecule has 0 aliphatic carbocycles. The van der Waals surface area contributed by atoms with Crippen LogP contribution in [0.4, 0.5) is 0 Å². The van der Waals surface area contributed by atoms with Crippen LogP contribution in [0, 0.1) is 5.92 Å². The summed E-state index contributed by atoms with van der Waals surface area (Å²) in [7, 11) is 0. The van der Waals surface area contributed by atoms with Crippen molar-refractivity contribution in [1.82, 2.24) is 4.90 Å². The predicted molar refractivity (Wildman–Crippen MR) is 72.7 cm³/mol. The molecule has 1 fully saturated rings. The van der Waals surface area contributed by atoms with Crippen LogP contribution in [-0.2, 0) is 0 Å². The van der Waals surface area contributed by atoms with Crippen LogP contribution in [0.2, 0.25) is 0 Å². The van der Waals surface area contributed by atoms with Crippen LogP contribution >= 0.6 is 0 Å². The minimum atomic E-state index is 0.805. The lowest BCUT2D eigenvalue weighted by Gasteiger charge is -2.09. The monoisotopic (exact) mass is 223 g/mol. The van der Waals surface area contributed by atoms with Gasteiger partial charge in [0.2, 0.25) is 0 Å². The molecule has 3 unspecified atom stereocenters. The molecule has 0 radical (unpaired) electrons. The predicted octanol–water partition coefficient (Wildman–Crippen LogP) is 4.24. The van der Waals surface area contributed by atoms with Crippen molar-refractivity contribution in [3.05, 3.63) is 12.2 Å². The van der Waals surface area contributed by atoms with Crippen LogP contribution in [0.1, 0.15) is 59.8 Å². The maximum absolute atomic E-state index is 4.21. The Morgan fingerprint density at radius 1 is 1.38 bits per heavy atom. The van der Waals surface area contributed by atoms with Crippen LogP contribution in [-0.4, -0.2) is 23.5 Å². The molecule has 0 saturated carbocycles. The highest BCUT2D eigenvalue weighted by Gasteiger charge is 2.42. The zero-order chi connectivity index (χ0) is 12.1. The first kappa shape index (κ1) is 13.8. The Balaban J connectivity index is 2.16. The van der Waals surface area contributed by atoms with Crippen molar-refractivity contribution < 1.29 is 0 Å². The summed E-state index contributed by atoms with van der Waals surface area (Å²) in [6, 6.07) is 1.66. The van der Waals surface area contributed by atoms with E-state index in [-0.39, 0.29) is 0 Å². The molecule has 0 aromatic rings.